The third-order valence-corrected chi connectivity index (χ3v) is 2.38. The molecule has 1 aliphatic heterocycles. The van der Waals surface area contributed by atoms with Crippen LogP contribution >= 0.6 is 0 Å². The van der Waals surface area contributed by atoms with Crippen molar-refractivity contribution in [2.24, 2.45) is 0 Å². The molecule has 1 unspecified atom stereocenters. The van der Waals surface area contributed by atoms with Crippen LogP contribution in [0.2, 0.25) is 0 Å². The Kier molecular flexibility index (Phi) is 2.68. The summed E-state index contributed by atoms with van der Waals surface area (Å²) >= 11 is 0. The van der Waals surface area contributed by atoms with Gasteiger partial charge in [0.2, 0.25) is 5.91 Å². The largest absolute Gasteiger partial charge is 0.478 e. The third kappa shape index (κ3) is 1.93. The van der Waals surface area contributed by atoms with Gasteiger partial charge in [0.15, 0.2) is 0 Å². The summed E-state index contributed by atoms with van der Waals surface area (Å²) in [7, 11) is 0. The summed E-state index contributed by atoms with van der Waals surface area (Å²) < 4.78 is 0. The van der Waals surface area contributed by atoms with Crippen molar-refractivity contribution in [2.45, 2.75) is 5.92 Å². The maximum Gasteiger partial charge on any atom is 0.333 e. The van der Waals surface area contributed by atoms with Crippen LogP contribution in [0.25, 0.3) is 0 Å². The molecule has 2 rings (SSSR count). The van der Waals surface area contributed by atoms with E-state index in [2.05, 4.69) is 10.3 Å². The van der Waals surface area contributed by atoms with Crippen LogP contribution < -0.4 is 5.32 Å². The zero-order valence-corrected chi connectivity index (χ0v) is 8.38. The van der Waals surface area contributed by atoms with Gasteiger partial charge in [0.25, 0.3) is 0 Å². The molecule has 1 amide bonds. The van der Waals surface area contributed by atoms with E-state index in [9.17, 15) is 9.59 Å². The van der Waals surface area contributed by atoms with E-state index < -0.39 is 11.9 Å². The van der Waals surface area contributed by atoms with Crippen molar-refractivity contribution >= 4 is 11.9 Å². The highest BCUT2D eigenvalue weighted by Crippen LogP contribution is 2.20. The minimum atomic E-state index is -1.01. The number of aliphatic carboxylic acids is 1. The Morgan fingerprint density at radius 2 is 2.31 bits per heavy atom. The molecule has 0 radical (unpaired) electrons. The Morgan fingerprint density at radius 3 is 2.94 bits per heavy atom. The fourth-order valence-corrected chi connectivity index (χ4v) is 1.55. The maximum absolute atomic E-state index is 11.6. The highest BCUT2D eigenvalue weighted by molar-refractivity contribution is 5.94. The van der Waals surface area contributed by atoms with E-state index in [0.717, 1.165) is 0 Å². The number of pyridine rings is 1. The number of nitrogens with one attached hydrogen (secondary N) is 1. The number of aromatic nitrogens is 1. The molecule has 0 saturated heterocycles. The molecule has 1 aliphatic rings. The number of carbonyl (C=O) groups is 2. The van der Waals surface area contributed by atoms with Gasteiger partial charge in [-0.1, -0.05) is 12.1 Å². The molecule has 0 spiro atoms. The minimum Gasteiger partial charge on any atom is -0.478 e. The predicted molar refractivity (Wildman–Crippen MR) is 55.7 cm³/mol. The van der Waals surface area contributed by atoms with Crippen molar-refractivity contribution < 1.29 is 14.7 Å². The van der Waals surface area contributed by atoms with E-state index in [1.54, 1.807) is 24.4 Å². The van der Waals surface area contributed by atoms with E-state index in [4.69, 9.17) is 5.11 Å². The lowest BCUT2D eigenvalue weighted by Crippen LogP contribution is -2.36. The number of rotatable bonds is 2. The lowest BCUT2D eigenvalue weighted by molar-refractivity contribution is -0.132. The fourth-order valence-electron chi connectivity index (χ4n) is 1.55. The molecule has 2 N–H and O–H groups in total. The number of nitrogens with zero attached hydrogens (tertiary/aromatic N) is 1. The molecule has 82 valence electrons. The van der Waals surface area contributed by atoms with Crippen molar-refractivity contribution in [3.05, 3.63) is 41.7 Å². The molecule has 0 aliphatic carbocycles. The van der Waals surface area contributed by atoms with E-state index in [0.29, 0.717) is 5.69 Å². The van der Waals surface area contributed by atoms with Crippen molar-refractivity contribution in [2.75, 3.05) is 6.54 Å². The van der Waals surface area contributed by atoms with Crippen LogP contribution in [-0.4, -0.2) is 28.5 Å². The number of hydrogen-bond donors (Lipinski definition) is 2. The van der Waals surface area contributed by atoms with E-state index in [-0.39, 0.29) is 18.0 Å². The molecular weight excluding hydrogens is 208 g/mol. The second-order valence-corrected chi connectivity index (χ2v) is 3.45. The molecule has 5 nitrogen and oxygen atoms in total. The normalized spacial score (nSPS) is 19.9. The van der Waals surface area contributed by atoms with Crippen LogP contribution in [0.15, 0.2) is 36.0 Å². The Morgan fingerprint density at radius 1 is 1.50 bits per heavy atom. The summed E-state index contributed by atoms with van der Waals surface area (Å²) in [4.78, 5) is 26.4. The molecule has 5 heteroatoms. The fraction of sp³-hybridized carbons (Fsp3) is 0.182. The van der Waals surface area contributed by atoms with Gasteiger partial charge in [-0.25, -0.2) is 4.79 Å². The van der Waals surface area contributed by atoms with Gasteiger partial charge < -0.3 is 10.4 Å². The standard InChI is InChI=1S/C11H10N2O3/c14-10-8(9-3-1-2-4-12-9)5-7(6-13-10)11(15)16/h1-5,8H,6H2,(H,13,14)(H,15,16). The van der Waals surface area contributed by atoms with E-state index >= 15 is 0 Å². The van der Waals surface area contributed by atoms with E-state index in [1.807, 2.05) is 0 Å². The summed E-state index contributed by atoms with van der Waals surface area (Å²) in [6.45, 7) is 0.0670. The summed E-state index contributed by atoms with van der Waals surface area (Å²) in [5, 5.41) is 11.4. The quantitative estimate of drug-likeness (QED) is 0.748. The molecule has 1 aromatic heterocycles. The summed E-state index contributed by atoms with van der Waals surface area (Å²) in [5.41, 5.74) is 0.744. The average molecular weight is 218 g/mol. The second-order valence-electron chi connectivity index (χ2n) is 3.45. The van der Waals surface area contributed by atoms with Crippen LogP contribution in [-0.2, 0) is 9.59 Å². The lowest BCUT2D eigenvalue weighted by Gasteiger charge is -2.19. The average Bonchev–Trinajstić information content (AvgIpc) is 2.30. The molecular formula is C11H10N2O3. The molecule has 0 bridgehead atoms. The zero-order chi connectivity index (χ0) is 11.5. The lowest BCUT2D eigenvalue weighted by atomic mass is 9.97. The van der Waals surface area contributed by atoms with Gasteiger partial charge in [0.05, 0.1) is 17.2 Å². The van der Waals surface area contributed by atoms with Gasteiger partial charge in [-0.3, -0.25) is 9.78 Å². The minimum absolute atomic E-state index is 0.0670. The van der Waals surface area contributed by atoms with Crippen molar-refractivity contribution in [3.8, 4) is 0 Å². The van der Waals surface area contributed by atoms with Crippen LogP contribution in [0.1, 0.15) is 11.6 Å². The van der Waals surface area contributed by atoms with Crippen molar-refractivity contribution in [1.82, 2.24) is 10.3 Å². The van der Waals surface area contributed by atoms with Crippen LogP contribution in [0, 0.1) is 0 Å². The van der Waals surface area contributed by atoms with Crippen molar-refractivity contribution in [3.63, 3.8) is 0 Å². The third-order valence-electron chi connectivity index (χ3n) is 2.38. The van der Waals surface area contributed by atoms with Gasteiger partial charge in [0.1, 0.15) is 0 Å². The first-order chi connectivity index (χ1) is 7.68. The Hall–Kier alpha value is -2.17. The number of amides is 1. The topological polar surface area (TPSA) is 79.3 Å². The van der Waals surface area contributed by atoms with Gasteiger partial charge in [-0.15, -0.1) is 0 Å². The summed E-state index contributed by atoms with van der Waals surface area (Å²) in [6, 6.07) is 5.20. The molecule has 1 atom stereocenters. The summed E-state index contributed by atoms with van der Waals surface area (Å²) in [6.07, 6.45) is 3.02. The molecule has 0 saturated carbocycles. The highest BCUT2D eigenvalue weighted by atomic mass is 16.4. The SMILES string of the molecule is O=C(O)C1=CC(c2ccccn2)C(=O)NC1. The predicted octanol–water partition coefficient (Wildman–Crippen LogP) is 0.306. The highest BCUT2D eigenvalue weighted by Gasteiger charge is 2.26. The zero-order valence-electron chi connectivity index (χ0n) is 8.38. The van der Waals surface area contributed by atoms with Crippen LogP contribution in [0.3, 0.4) is 0 Å². The van der Waals surface area contributed by atoms with Crippen LogP contribution in [0.5, 0.6) is 0 Å². The monoisotopic (exact) mass is 218 g/mol. The molecule has 16 heavy (non-hydrogen) atoms. The Balaban J connectivity index is 2.35. The van der Waals surface area contributed by atoms with Crippen molar-refractivity contribution in [1.29, 1.82) is 0 Å². The smallest absolute Gasteiger partial charge is 0.333 e. The number of carboxylic acid groups (broad SMARTS) is 1. The Labute approximate surface area is 91.8 Å². The van der Waals surface area contributed by atoms with Gasteiger partial charge in [-0.05, 0) is 12.1 Å². The second kappa shape index (κ2) is 4.14. The van der Waals surface area contributed by atoms with E-state index in [1.165, 1.54) is 6.08 Å². The first-order valence-corrected chi connectivity index (χ1v) is 4.81. The molecule has 2 heterocycles. The number of hydrogen-bond acceptors (Lipinski definition) is 3. The molecule has 1 aromatic rings. The first-order valence-electron chi connectivity index (χ1n) is 4.81. The van der Waals surface area contributed by atoms with Gasteiger partial charge in [0, 0.05) is 12.7 Å². The first kappa shape index (κ1) is 10.4. The van der Waals surface area contributed by atoms with Gasteiger partial charge >= 0.3 is 5.97 Å². The number of carboxylic acids is 1. The molecule has 0 fully saturated rings. The number of carbonyl (C=O) groups excluding carboxylic acids is 1. The summed E-state index contributed by atoms with van der Waals surface area (Å²) in [5.74, 6) is -1.84. The molecule has 0 aromatic carbocycles. The maximum atomic E-state index is 11.6. The van der Waals surface area contributed by atoms with Gasteiger partial charge in [-0.2, -0.15) is 0 Å². The van der Waals surface area contributed by atoms with Crippen LogP contribution in [0.4, 0.5) is 0 Å². The Bertz CT molecular complexity index is 454.